The Balaban J connectivity index is 1.70. The Kier molecular flexibility index (Phi) is 5.09. The van der Waals surface area contributed by atoms with E-state index in [1.807, 2.05) is 19.1 Å². The van der Waals surface area contributed by atoms with Crippen molar-refractivity contribution in [3.05, 3.63) is 64.6 Å². The SMILES string of the molecule is Cc1ccc(NC(=O)CN2C(=O)SC(=Cc3ccccc3O)C2=O)cc1. The summed E-state index contributed by atoms with van der Waals surface area (Å²) >= 11 is 0.743. The maximum absolute atomic E-state index is 12.4. The third-order valence-electron chi connectivity index (χ3n) is 3.73. The number of phenols is 1. The van der Waals surface area contributed by atoms with Gasteiger partial charge >= 0.3 is 0 Å². The van der Waals surface area contributed by atoms with Gasteiger partial charge in [0.25, 0.3) is 11.1 Å². The van der Waals surface area contributed by atoms with Crippen molar-refractivity contribution in [2.24, 2.45) is 0 Å². The molecule has 1 saturated heterocycles. The minimum Gasteiger partial charge on any atom is -0.507 e. The Labute approximate surface area is 154 Å². The number of nitrogens with zero attached hydrogens (tertiary/aromatic N) is 1. The van der Waals surface area contributed by atoms with Gasteiger partial charge in [0.1, 0.15) is 12.3 Å². The van der Waals surface area contributed by atoms with Gasteiger partial charge in [-0.05, 0) is 43.0 Å². The first-order valence-electron chi connectivity index (χ1n) is 7.84. The number of amides is 3. The quantitative estimate of drug-likeness (QED) is 0.808. The van der Waals surface area contributed by atoms with Gasteiger partial charge in [-0.1, -0.05) is 35.9 Å². The Hall–Kier alpha value is -3.06. The molecule has 0 spiro atoms. The van der Waals surface area contributed by atoms with Crippen molar-refractivity contribution < 1.29 is 19.5 Å². The summed E-state index contributed by atoms with van der Waals surface area (Å²) in [5.41, 5.74) is 2.09. The molecular weight excluding hydrogens is 352 g/mol. The zero-order valence-electron chi connectivity index (χ0n) is 13.9. The van der Waals surface area contributed by atoms with Crippen molar-refractivity contribution >= 4 is 40.6 Å². The number of thioether (sulfide) groups is 1. The molecule has 6 nitrogen and oxygen atoms in total. The monoisotopic (exact) mass is 368 g/mol. The molecule has 1 aliphatic rings. The van der Waals surface area contributed by atoms with E-state index >= 15 is 0 Å². The predicted molar refractivity (Wildman–Crippen MR) is 101 cm³/mol. The lowest BCUT2D eigenvalue weighted by atomic mass is 10.2. The molecule has 26 heavy (non-hydrogen) atoms. The highest BCUT2D eigenvalue weighted by Gasteiger charge is 2.36. The second kappa shape index (κ2) is 7.45. The van der Waals surface area contributed by atoms with Crippen LogP contribution in [0.25, 0.3) is 6.08 Å². The molecule has 132 valence electrons. The number of hydrogen-bond donors (Lipinski definition) is 2. The second-order valence-corrected chi connectivity index (χ2v) is 6.73. The highest BCUT2D eigenvalue weighted by Crippen LogP contribution is 2.33. The molecule has 2 aromatic carbocycles. The third kappa shape index (κ3) is 3.94. The van der Waals surface area contributed by atoms with Gasteiger partial charge in [-0.15, -0.1) is 0 Å². The number of para-hydroxylation sites is 1. The lowest BCUT2D eigenvalue weighted by Crippen LogP contribution is -2.36. The number of aromatic hydroxyl groups is 1. The van der Waals surface area contributed by atoms with E-state index in [0.717, 1.165) is 22.2 Å². The molecular formula is C19H16N2O4S. The number of nitrogens with one attached hydrogen (secondary N) is 1. The third-order valence-corrected chi connectivity index (χ3v) is 4.64. The van der Waals surface area contributed by atoms with Crippen LogP contribution in [0, 0.1) is 6.92 Å². The van der Waals surface area contributed by atoms with Crippen LogP contribution in [0.15, 0.2) is 53.4 Å². The van der Waals surface area contributed by atoms with Crippen LogP contribution in [0.5, 0.6) is 5.75 Å². The maximum Gasteiger partial charge on any atom is 0.294 e. The summed E-state index contributed by atoms with van der Waals surface area (Å²) in [6.07, 6.45) is 1.44. The van der Waals surface area contributed by atoms with E-state index in [2.05, 4.69) is 5.32 Å². The fourth-order valence-corrected chi connectivity index (χ4v) is 3.20. The summed E-state index contributed by atoms with van der Waals surface area (Å²) in [7, 11) is 0. The summed E-state index contributed by atoms with van der Waals surface area (Å²) in [6, 6.07) is 13.7. The van der Waals surface area contributed by atoms with Crippen LogP contribution in [0.1, 0.15) is 11.1 Å². The minimum absolute atomic E-state index is 0.0106. The number of imide groups is 1. The van der Waals surface area contributed by atoms with Gasteiger partial charge in [0.05, 0.1) is 4.91 Å². The maximum atomic E-state index is 12.4. The Morgan fingerprint density at radius 2 is 1.85 bits per heavy atom. The summed E-state index contributed by atoms with van der Waals surface area (Å²) in [6.45, 7) is 1.57. The van der Waals surface area contributed by atoms with Crippen LogP contribution in [-0.4, -0.2) is 33.6 Å². The number of carbonyl (C=O) groups excluding carboxylic acids is 3. The van der Waals surface area contributed by atoms with Gasteiger partial charge in [0.2, 0.25) is 5.91 Å². The molecule has 0 bridgehead atoms. The first kappa shape index (κ1) is 17.8. The van der Waals surface area contributed by atoms with E-state index in [0.29, 0.717) is 11.3 Å². The fraction of sp³-hybridized carbons (Fsp3) is 0.105. The molecule has 0 unspecified atom stereocenters. The molecule has 0 aromatic heterocycles. The molecule has 7 heteroatoms. The number of benzene rings is 2. The normalized spacial score (nSPS) is 15.6. The van der Waals surface area contributed by atoms with E-state index in [-0.39, 0.29) is 17.2 Å². The Morgan fingerprint density at radius 3 is 2.54 bits per heavy atom. The smallest absolute Gasteiger partial charge is 0.294 e. The van der Waals surface area contributed by atoms with E-state index < -0.39 is 17.1 Å². The largest absolute Gasteiger partial charge is 0.507 e. The fourth-order valence-electron chi connectivity index (χ4n) is 2.37. The molecule has 0 radical (unpaired) electrons. The van der Waals surface area contributed by atoms with Crippen molar-refractivity contribution in [3.8, 4) is 5.75 Å². The average molecular weight is 368 g/mol. The number of carbonyl (C=O) groups is 3. The number of aryl methyl sites for hydroxylation is 1. The lowest BCUT2D eigenvalue weighted by Gasteiger charge is -2.12. The average Bonchev–Trinajstić information content (AvgIpc) is 2.86. The first-order valence-corrected chi connectivity index (χ1v) is 8.65. The molecule has 0 atom stereocenters. The summed E-state index contributed by atoms with van der Waals surface area (Å²) in [5.74, 6) is -1.00. The van der Waals surface area contributed by atoms with Gasteiger partial charge in [-0.25, -0.2) is 0 Å². The van der Waals surface area contributed by atoms with Crippen molar-refractivity contribution in [1.29, 1.82) is 0 Å². The molecule has 3 amide bonds. The summed E-state index contributed by atoms with van der Waals surface area (Å²) in [4.78, 5) is 37.7. The van der Waals surface area contributed by atoms with E-state index in [1.54, 1.807) is 30.3 Å². The summed E-state index contributed by atoms with van der Waals surface area (Å²) in [5, 5.41) is 11.9. The van der Waals surface area contributed by atoms with Gasteiger partial charge in [-0.3, -0.25) is 19.3 Å². The van der Waals surface area contributed by atoms with Gasteiger partial charge < -0.3 is 10.4 Å². The van der Waals surface area contributed by atoms with Gasteiger partial charge in [0.15, 0.2) is 0 Å². The molecule has 0 aliphatic carbocycles. The van der Waals surface area contributed by atoms with Crippen LogP contribution in [0.3, 0.4) is 0 Å². The van der Waals surface area contributed by atoms with Crippen LogP contribution < -0.4 is 5.32 Å². The van der Waals surface area contributed by atoms with E-state index in [1.165, 1.54) is 12.1 Å². The molecule has 1 fully saturated rings. The molecule has 1 aliphatic heterocycles. The summed E-state index contributed by atoms with van der Waals surface area (Å²) < 4.78 is 0. The van der Waals surface area contributed by atoms with Crippen LogP contribution >= 0.6 is 11.8 Å². The van der Waals surface area contributed by atoms with Crippen LogP contribution in [0.4, 0.5) is 10.5 Å². The molecule has 0 saturated carbocycles. The molecule has 3 rings (SSSR count). The number of anilines is 1. The topological polar surface area (TPSA) is 86.7 Å². The number of rotatable bonds is 4. The second-order valence-electron chi connectivity index (χ2n) is 5.74. The zero-order valence-corrected chi connectivity index (χ0v) is 14.7. The highest BCUT2D eigenvalue weighted by molar-refractivity contribution is 8.18. The Bertz CT molecular complexity index is 906. The minimum atomic E-state index is -0.553. The van der Waals surface area contributed by atoms with Crippen LogP contribution in [0.2, 0.25) is 0 Å². The predicted octanol–water partition coefficient (Wildman–Crippen LogP) is 3.38. The molecule has 2 aromatic rings. The Morgan fingerprint density at radius 1 is 1.15 bits per heavy atom. The molecule has 2 N–H and O–H groups in total. The lowest BCUT2D eigenvalue weighted by molar-refractivity contribution is -0.127. The number of phenolic OH excluding ortho intramolecular Hbond substituents is 1. The van der Waals surface area contributed by atoms with Crippen molar-refractivity contribution in [3.63, 3.8) is 0 Å². The van der Waals surface area contributed by atoms with E-state index in [4.69, 9.17) is 0 Å². The van der Waals surface area contributed by atoms with Crippen molar-refractivity contribution in [2.75, 3.05) is 11.9 Å². The highest BCUT2D eigenvalue weighted by atomic mass is 32.2. The molecule has 1 heterocycles. The van der Waals surface area contributed by atoms with Gasteiger partial charge in [-0.2, -0.15) is 0 Å². The number of hydrogen-bond acceptors (Lipinski definition) is 5. The van der Waals surface area contributed by atoms with Crippen molar-refractivity contribution in [1.82, 2.24) is 4.90 Å². The van der Waals surface area contributed by atoms with Gasteiger partial charge in [0, 0.05) is 11.3 Å². The van der Waals surface area contributed by atoms with Crippen LogP contribution in [-0.2, 0) is 9.59 Å². The van der Waals surface area contributed by atoms with Crippen molar-refractivity contribution in [2.45, 2.75) is 6.92 Å². The van der Waals surface area contributed by atoms with E-state index in [9.17, 15) is 19.5 Å². The zero-order chi connectivity index (χ0) is 18.7. The first-order chi connectivity index (χ1) is 12.4. The standard InChI is InChI=1S/C19H16N2O4S/c1-12-6-8-14(9-7-12)20-17(23)11-21-18(24)16(26-19(21)25)10-13-4-2-3-5-15(13)22/h2-10,22H,11H2,1H3,(H,20,23).